The van der Waals surface area contributed by atoms with Crippen molar-refractivity contribution in [2.75, 3.05) is 38.5 Å². The van der Waals surface area contributed by atoms with Gasteiger partial charge in [-0.05, 0) is 72.2 Å². The Labute approximate surface area is 434 Å². The summed E-state index contributed by atoms with van der Waals surface area (Å²) in [5.74, 6) is 6.00. The Hall–Kier alpha value is -6.67. The predicted octanol–water partition coefficient (Wildman–Crippen LogP) is 7.62. The maximum atomic E-state index is 14.0. The number of piperazine rings is 1. The first kappa shape index (κ1) is 54.1. The number of hydrogen-bond acceptors (Lipinski definition) is 12. The number of aryl methyl sites for hydroxylation is 1. The summed E-state index contributed by atoms with van der Waals surface area (Å²) in [6.45, 7) is 11.8. The van der Waals surface area contributed by atoms with E-state index in [-0.39, 0.29) is 54.7 Å². The van der Waals surface area contributed by atoms with Crippen molar-refractivity contribution in [3.63, 3.8) is 0 Å². The van der Waals surface area contributed by atoms with Gasteiger partial charge in [0.1, 0.15) is 17.8 Å². The van der Waals surface area contributed by atoms with Crippen molar-refractivity contribution in [1.82, 2.24) is 40.5 Å². The van der Waals surface area contributed by atoms with Crippen LogP contribution in [0.4, 0.5) is 5.82 Å². The summed E-state index contributed by atoms with van der Waals surface area (Å²) >= 11 is 1.58. The lowest BCUT2D eigenvalue weighted by atomic mass is 9.85. The standard InChI is InChI=1S/C57H71N9O6S/c1-39-52(73-38-60-39)43-25-23-41(24-26-43)35-59-55(71)48-34-45(67)37-66(48)56(72)53(57(2,3)4)61-50(69)20-11-9-7-5-6-8-10-12-21-51(70)65-30-28-64(29-31-65)36-42-17-15-16-40(32-42)22-27-44-33-47(62-63-54(44)58)46-18-13-14-19-49(46)68/h13-19,23-26,32-33,38,45,48,53,67-68H,5-12,20-21,28-31,34-37H2,1-4H3,(H2,58,63)(H,59,71)(H,61,69)/t45-,48+,53?/m1/s1. The molecule has 2 aliphatic heterocycles. The van der Waals surface area contributed by atoms with Crippen LogP contribution in [0.1, 0.15) is 119 Å². The zero-order valence-corrected chi connectivity index (χ0v) is 43.6. The van der Waals surface area contributed by atoms with Crippen LogP contribution in [0.15, 0.2) is 84.4 Å². The number of rotatable bonds is 20. The Kier molecular flexibility index (Phi) is 19.1. The molecule has 6 N–H and O–H groups in total. The minimum absolute atomic E-state index is 0.0313. The number of aromatic nitrogens is 3. The number of amides is 4. The van der Waals surface area contributed by atoms with Crippen LogP contribution in [0.2, 0.25) is 0 Å². The molecule has 15 nitrogen and oxygen atoms in total. The second kappa shape index (κ2) is 25.8. The van der Waals surface area contributed by atoms with Gasteiger partial charge in [0.15, 0.2) is 5.82 Å². The Morgan fingerprint density at radius 3 is 2.22 bits per heavy atom. The molecule has 2 saturated heterocycles. The van der Waals surface area contributed by atoms with E-state index in [9.17, 15) is 29.4 Å². The largest absolute Gasteiger partial charge is 0.507 e. The van der Waals surface area contributed by atoms with E-state index >= 15 is 0 Å². The van der Waals surface area contributed by atoms with Gasteiger partial charge in [-0.25, -0.2) is 4.98 Å². The number of para-hydroxylation sites is 1. The molecule has 0 aliphatic carbocycles. The van der Waals surface area contributed by atoms with Crippen LogP contribution in [-0.4, -0.2) is 115 Å². The minimum atomic E-state index is -0.852. The second-order valence-corrected chi connectivity index (χ2v) is 21.3. The van der Waals surface area contributed by atoms with Crippen molar-refractivity contribution >= 4 is 40.8 Å². The SMILES string of the molecule is Cc1ncsc1-c1ccc(CNC(=O)[C@@H]2C[C@@H](O)CN2C(=O)C(NC(=O)CCCCCCCCCCC(=O)N2CCN(Cc3cccc(C#Cc4cc(-c5ccccc5O)nnc4N)c3)CC2)C(C)(C)C)cc1. The number of unbranched alkanes of at least 4 members (excludes halogenated alkanes) is 7. The third kappa shape index (κ3) is 15.4. The normalized spacial score (nSPS) is 16.4. The molecule has 5 aromatic rings. The molecule has 4 heterocycles. The summed E-state index contributed by atoms with van der Waals surface area (Å²) in [5.41, 5.74) is 13.8. The van der Waals surface area contributed by atoms with Crippen LogP contribution in [0.25, 0.3) is 21.7 Å². The predicted molar refractivity (Wildman–Crippen MR) is 286 cm³/mol. The number of aliphatic hydroxyl groups excluding tert-OH is 1. The Bertz CT molecular complexity index is 2740. The third-order valence-electron chi connectivity index (χ3n) is 13.7. The number of thiazole rings is 1. The van der Waals surface area contributed by atoms with Gasteiger partial charge in [0, 0.05) is 76.2 Å². The summed E-state index contributed by atoms with van der Waals surface area (Å²) in [6.07, 6.45) is 7.90. The van der Waals surface area contributed by atoms with Crippen molar-refractivity contribution in [3.8, 4) is 39.3 Å². The molecule has 1 unspecified atom stereocenters. The number of nitrogens with zero attached hydrogens (tertiary/aromatic N) is 6. The van der Waals surface area contributed by atoms with Gasteiger partial charge in [-0.1, -0.05) is 120 Å². The maximum absolute atomic E-state index is 14.0. The van der Waals surface area contributed by atoms with E-state index in [4.69, 9.17) is 5.73 Å². The number of aliphatic hydroxyl groups is 1. The Morgan fingerprint density at radius 2 is 1.53 bits per heavy atom. The number of nitrogens with two attached hydrogens (primary N) is 1. The van der Waals surface area contributed by atoms with Gasteiger partial charge >= 0.3 is 0 Å². The molecule has 386 valence electrons. The number of phenolic OH excluding ortho intramolecular Hbond substituents is 1. The van der Waals surface area contributed by atoms with Gasteiger partial charge < -0.3 is 36.4 Å². The summed E-state index contributed by atoms with van der Waals surface area (Å²) < 4.78 is 0. The number of carbonyl (C=O) groups excluding carboxylic acids is 4. The molecule has 0 spiro atoms. The van der Waals surface area contributed by atoms with E-state index in [0.717, 1.165) is 97.4 Å². The molecule has 0 radical (unpaired) electrons. The van der Waals surface area contributed by atoms with Crippen LogP contribution < -0.4 is 16.4 Å². The molecule has 16 heteroatoms. The van der Waals surface area contributed by atoms with Gasteiger partial charge in [0.2, 0.25) is 23.6 Å². The molecule has 2 aromatic heterocycles. The molecule has 2 fully saturated rings. The number of nitrogens with one attached hydrogen (secondary N) is 2. The first-order chi connectivity index (χ1) is 35.1. The van der Waals surface area contributed by atoms with Gasteiger partial charge in [-0.15, -0.1) is 21.5 Å². The number of likely N-dealkylation sites (tertiary alicyclic amines) is 1. The summed E-state index contributed by atoms with van der Waals surface area (Å²) in [7, 11) is 0. The summed E-state index contributed by atoms with van der Waals surface area (Å²) in [5, 5.41) is 35.0. The van der Waals surface area contributed by atoms with Crippen LogP contribution in [0.3, 0.4) is 0 Å². The quantitative estimate of drug-likeness (QED) is 0.0379. The van der Waals surface area contributed by atoms with E-state index < -0.39 is 23.6 Å². The van der Waals surface area contributed by atoms with Gasteiger partial charge in [-0.2, -0.15) is 0 Å². The topological polar surface area (TPSA) is 207 Å². The number of phenols is 1. The van der Waals surface area contributed by atoms with Gasteiger partial charge in [0.05, 0.1) is 33.4 Å². The molecule has 0 bridgehead atoms. The molecule has 3 atom stereocenters. The number of benzene rings is 3. The number of anilines is 1. The fraction of sp³-hybridized carbons (Fsp3) is 0.456. The van der Waals surface area contributed by atoms with Crippen molar-refractivity contribution in [1.29, 1.82) is 0 Å². The van der Waals surface area contributed by atoms with Crippen LogP contribution in [0, 0.1) is 24.2 Å². The summed E-state index contributed by atoms with van der Waals surface area (Å²) in [6, 6.07) is 23.0. The average Bonchev–Trinajstić information content (AvgIpc) is 4.00. The smallest absolute Gasteiger partial charge is 0.246 e. The number of β-amino-alcohol motifs (C(OH)–C–C–N with tert-alkyl or cyclic N) is 1. The van der Waals surface area contributed by atoms with Crippen molar-refractivity contribution in [2.24, 2.45) is 5.41 Å². The fourth-order valence-electron chi connectivity index (χ4n) is 9.42. The van der Waals surface area contributed by atoms with E-state index in [1.165, 1.54) is 4.90 Å². The monoisotopic (exact) mass is 1010 g/mol. The molecule has 0 saturated carbocycles. The highest BCUT2D eigenvalue weighted by molar-refractivity contribution is 7.13. The van der Waals surface area contributed by atoms with Crippen molar-refractivity contribution < 1.29 is 29.4 Å². The number of hydrogen-bond donors (Lipinski definition) is 5. The minimum Gasteiger partial charge on any atom is -0.507 e. The molecule has 7 rings (SSSR count). The lowest BCUT2D eigenvalue weighted by Gasteiger charge is -2.35. The molecule has 73 heavy (non-hydrogen) atoms. The molecular weight excluding hydrogens is 939 g/mol. The first-order valence-corrected chi connectivity index (χ1v) is 26.6. The van der Waals surface area contributed by atoms with Crippen LogP contribution in [0.5, 0.6) is 5.75 Å². The number of nitrogen functional groups attached to an aromatic ring is 1. The van der Waals surface area contributed by atoms with E-state index in [2.05, 4.69) is 54.7 Å². The van der Waals surface area contributed by atoms with Crippen LogP contribution in [-0.2, 0) is 32.3 Å². The molecule has 2 aliphatic rings. The van der Waals surface area contributed by atoms with Gasteiger partial charge in [0.25, 0.3) is 0 Å². The maximum Gasteiger partial charge on any atom is 0.246 e. The van der Waals surface area contributed by atoms with E-state index in [0.29, 0.717) is 49.2 Å². The first-order valence-electron chi connectivity index (χ1n) is 25.7. The van der Waals surface area contributed by atoms with E-state index in [1.807, 2.05) is 80.6 Å². The van der Waals surface area contributed by atoms with Gasteiger partial charge in [-0.3, -0.25) is 24.1 Å². The number of aromatic hydroxyl groups is 1. The fourth-order valence-corrected chi connectivity index (χ4v) is 10.2. The third-order valence-corrected chi connectivity index (χ3v) is 14.6. The highest BCUT2D eigenvalue weighted by Gasteiger charge is 2.44. The molecular formula is C57H71N9O6S. The van der Waals surface area contributed by atoms with E-state index in [1.54, 1.807) is 35.6 Å². The lowest BCUT2D eigenvalue weighted by Crippen LogP contribution is -2.57. The highest BCUT2D eigenvalue weighted by atomic mass is 32.1. The van der Waals surface area contributed by atoms with Crippen molar-refractivity contribution in [2.45, 2.75) is 130 Å². The average molecular weight is 1010 g/mol. The second-order valence-electron chi connectivity index (χ2n) is 20.4. The summed E-state index contributed by atoms with van der Waals surface area (Å²) in [4.78, 5) is 65.0. The van der Waals surface area contributed by atoms with Crippen LogP contribution >= 0.6 is 11.3 Å². The number of carbonyl (C=O) groups is 4. The van der Waals surface area contributed by atoms with Crippen molar-refractivity contribution in [3.05, 3.63) is 112 Å². The zero-order valence-electron chi connectivity index (χ0n) is 42.7. The Morgan fingerprint density at radius 1 is 0.836 bits per heavy atom. The Balaban J connectivity index is 0.742. The molecule has 3 aromatic carbocycles. The zero-order chi connectivity index (χ0) is 51.9. The lowest BCUT2D eigenvalue weighted by molar-refractivity contribution is -0.144. The molecule has 4 amide bonds. The highest BCUT2D eigenvalue weighted by Crippen LogP contribution is 2.30.